The van der Waals surface area contributed by atoms with Crippen molar-refractivity contribution in [2.75, 3.05) is 37.6 Å². The molecule has 3 aliphatic rings. The summed E-state index contributed by atoms with van der Waals surface area (Å²) in [5.41, 5.74) is 11.1. The quantitative estimate of drug-likeness (QED) is 0.156. The Hall–Kier alpha value is -5.95. The number of aromatic nitrogens is 5. The van der Waals surface area contributed by atoms with Crippen LogP contribution in [-0.2, 0) is 40.5 Å². The minimum absolute atomic E-state index is 0.00178. The number of nitrogens with zero attached hydrogens (tertiary/aromatic N) is 8. The molecule has 3 amide bonds. The van der Waals surface area contributed by atoms with E-state index in [2.05, 4.69) is 65.8 Å². The molecule has 3 aliphatic heterocycles. The van der Waals surface area contributed by atoms with Gasteiger partial charge in [0.2, 0.25) is 5.91 Å². The zero-order valence-corrected chi connectivity index (χ0v) is 32.1. The smallest absolute Gasteiger partial charge is 0.264 e. The van der Waals surface area contributed by atoms with Gasteiger partial charge in [-0.3, -0.25) is 33.4 Å². The molecule has 1 fully saturated rings. The summed E-state index contributed by atoms with van der Waals surface area (Å²) in [6.45, 7) is 8.48. The van der Waals surface area contributed by atoms with E-state index in [1.54, 1.807) is 29.7 Å². The van der Waals surface area contributed by atoms with E-state index in [1.807, 2.05) is 29.9 Å². The van der Waals surface area contributed by atoms with Crippen LogP contribution in [0, 0.1) is 18.8 Å². The van der Waals surface area contributed by atoms with Crippen LogP contribution < -0.4 is 10.6 Å². The molecule has 0 aliphatic carbocycles. The van der Waals surface area contributed by atoms with Crippen LogP contribution >= 0.6 is 11.3 Å². The number of nitrogens with two attached hydrogens (primary N) is 1. The van der Waals surface area contributed by atoms with E-state index in [-0.39, 0.29) is 29.8 Å². The van der Waals surface area contributed by atoms with Gasteiger partial charge in [-0.05, 0) is 49.9 Å². The van der Waals surface area contributed by atoms with Gasteiger partial charge in [-0.2, -0.15) is 5.10 Å². The first-order chi connectivity index (χ1) is 27.2. The van der Waals surface area contributed by atoms with E-state index >= 15 is 0 Å². The summed E-state index contributed by atoms with van der Waals surface area (Å²) in [6.07, 6.45) is 4.55. The molecule has 0 saturated carbocycles. The third-order valence-electron chi connectivity index (χ3n) is 10.5. The molecule has 286 valence electrons. The number of Topliss-reactive ketones (excluding diaryl/α,β-unsaturated/α-hetero) is 1. The number of primary amides is 1. The Balaban J connectivity index is 0.923. The van der Waals surface area contributed by atoms with Gasteiger partial charge in [0.05, 0.1) is 46.6 Å². The topological polar surface area (TPSA) is 162 Å². The number of fused-ring (bicyclic) bond motifs is 4. The average molecular weight is 772 g/mol. The third kappa shape index (κ3) is 7.26. The first kappa shape index (κ1) is 37.0. The lowest BCUT2D eigenvalue weighted by Gasteiger charge is -2.36. The third-order valence-corrected chi connectivity index (χ3v) is 11.7. The summed E-state index contributed by atoms with van der Waals surface area (Å²) in [6, 6.07) is 14.4. The second-order valence-electron chi connectivity index (χ2n) is 14.3. The first-order valence-electron chi connectivity index (χ1n) is 18.6. The van der Waals surface area contributed by atoms with E-state index in [1.165, 1.54) is 12.5 Å². The second-order valence-corrected chi connectivity index (χ2v) is 15.3. The normalized spacial score (nSPS) is 15.8. The second kappa shape index (κ2) is 15.7. The van der Waals surface area contributed by atoms with E-state index in [0.717, 1.165) is 69.2 Å². The first-order valence-corrected chi connectivity index (χ1v) is 19.5. The number of imide groups is 1. The number of hydrogen-bond donors (Lipinski definition) is 1. The summed E-state index contributed by atoms with van der Waals surface area (Å²) >= 11 is 1.65. The lowest BCUT2D eigenvalue weighted by molar-refractivity contribution is -0.122. The molecule has 14 nitrogen and oxygen atoms in total. The Morgan fingerprint density at radius 1 is 0.964 bits per heavy atom. The molecule has 2 N–H and O–H groups in total. The number of carbonyl (C=O) groups is 4. The van der Waals surface area contributed by atoms with Crippen LogP contribution in [0.3, 0.4) is 0 Å². The van der Waals surface area contributed by atoms with Gasteiger partial charge in [-0.25, -0.2) is 0 Å². The fourth-order valence-electron chi connectivity index (χ4n) is 7.62. The molecule has 8 rings (SSSR count). The van der Waals surface area contributed by atoms with Crippen LogP contribution in [0.25, 0.3) is 5.00 Å². The Morgan fingerprint density at radius 2 is 1.77 bits per heavy atom. The van der Waals surface area contributed by atoms with Crippen molar-refractivity contribution in [2.24, 2.45) is 5.73 Å². The Morgan fingerprint density at radius 3 is 2.54 bits per heavy atom. The summed E-state index contributed by atoms with van der Waals surface area (Å²) in [4.78, 5) is 57.3. The Labute approximate surface area is 327 Å². The molecule has 6 heterocycles. The number of piperazine rings is 1. The summed E-state index contributed by atoms with van der Waals surface area (Å²) in [5.74, 6) is 6.36. The maximum absolute atomic E-state index is 13.7. The van der Waals surface area contributed by atoms with Gasteiger partial charge in [0.15, 0.2) is 5.82 Å². The van der Waals surface area contributed by atoms with E-state index in [4.69, 9.17) is 10.5 Å². The number of carbonyl (C=O) groups excluding carboxylic acids is 4. The predicted octanol–water partition coefficient (Wildman–Crippen LogP) is 3.50. The molecular formula is C41H41N9O5S. The average Bonchev–Trinajstić information content (AvgIpc) is 3.92. The molecule has 2 aromatic carbocycles. The molecule has 5 aromatic rings. The van der Waals surface area contributed by atoms with Crippen LogP contribution in [0.1, 0.15) is 79.3 Å². The number of ether oxygens (including phenoxy) is 1. The standard InChI is InChI=1S/C41H41N9O5S/c1-26(51)11-13-34(38(42)52)50-39(53)30-9-6-10-33(37(30)40(50)54)47-18-15-46(16-19-47)17-20-48-23-29(22-43-48)12-14-35-31(21-28-7-4-3-5-8-28)32-24-55-25-36-45-44-27(2)49(36)41(32)56-35/h3-10,22-23,34H,11,13,15-21,24-25H2,1-2H3,(H2,42,52). The van der Waals surface area contributed by atoms with Crippen LogP contribution in [0.4, 0.5) is 5.69 Å². The van der Waals surface area contributed by atoms with Crippen molar-refractivity contribution < 1.29 is 23.9 Å². The van der Waals surface area contributed by atoms with Gasteiger partial charge in [0.25, 0.3) is 11.8 Å². The number of hydrogen-bond acceptors (Lipinski definition) is 11. The zero-order chi connectivity index (χ0) is 38.9. The van der Waals surface area contributed by atoms with Gasteiger partial charge in [0.1, 0.15) is 29.3 Å². The highest BCUT2D eigenvalue weighted by Gasteiger charge is 2.44. The minimum Gasteiger partial charge on any atom is -0.369 e. The lowest BCUT2D eigenvalue weighted by atomic mass is 10.0. The molecule has 1 saturated heterocycles. The van der Waals surface area contributed by atoms with Crippen molar-refractivity contribution in [3.8, 4) is 16.8 Å². The highest BCUT2D eigenvalue weighted by Crippen LogP contribution is 2.37. The predicted molar refractivity (Wildman–Crippen MR) is 208 cm³/mol. The number of amides is 3. The van der Waals surface area contributed by atoms with Crippen molar-refractivity contribution in [3.63, 3.8) is 0 Å². The van der Waals surface area contributed by atoms with Gasteiger partial charge in [0, 0.05) is 50.9 Å². The molecule has 0 bridgehead atoms. The van der Waals surface area contributed by atoms with Crippen LogP contribution in [0.5, 0.6) is 0 Å². The number of anilines is 1. The molecule has 15 heteroatoms. The summed E-state index contributed by atoms with van der Waals surface area (Å²) < 4.78 is 10.0. The monoisotopic (exact) mass is 771 g/mol. The van der Waals surface area contributed by atoms with Gasteiger partial charge >= 0.3 is 0 Å². The number of benzene rings is 2. The van der Waals surface area contributed by atoms with E-state index in [9.17, 15) is 19.2 Å². The SMILES string of the molecule is CC(=O)CCC(C(N)=O)N1C(=O)c2cccc(N3CCN(CCn4cc(C#Cc5sc6c(c5Cc5ccccc5)COCc5nnc(C)n5-6)cn4)CC3)c2C1=O. The van der Waals surface area contributed by atoms with E-state index < -0.39 is 23.8 Å². The number of aryl methyl sites for hydroxylation is 1. The van der Waals surface area contributed by atoms with Crippen molar-refractivity contribution in [1.29, 1.82) is 0 Å². The summed E-state index contributed by atoms with van der Waals surface area (Å²) in [7, 11) is 0. The Bertz CT molecular complexity index is 2400. The highest BCUT2D eigenvalue weighted by atomic mass is 32.1. The number of rotatable bonds is 11. The maximum atomic E-state index is 13.7. The van der Waals surface area contributed by atoms with Gasteiger partial charge < -0.3 is 20.2 Å². The molecule has 56 heavy (non-hydrogen) atoms. The molecule has 3 aromatic heterocycles. The summed E-state index contributed by atoms with van der Waals surface area (Å²) in [5, 5.41) is 14.3. The highest BCUT2D eigenvalue weighted by molar-refractivity contribution is 7.15. The maximum Gasteiger partial charge on any atom is 0.264 e. The van der Waals surface area contributed by atoms with E-state index in [0.29, 0.717) is 38.5 Å². The van der Waals surface area contributed by atoms with Gasteiger partial charge in [-0.1, -0.05) is 48.2 Å². The zero-order valence-electron chi connectivity index (χ0n) is 31.2. The van der Waals surface area contributed by atoms with Crippen molar-refractivity contribution >= 4 is 40.5 Å². The molecule has 1 atom stereocenters. The van der Waals surface area contributed by atoms with Crippen LogP contribution in [0.15, 0.2) is 60.9 Å². The number of ketones is 1. The molecule has 1 unspecified atom stereocenters. The largest absolute Gasteiger partial charge is 0.369 e. The minimum atomic E-state index is -1.18. The fourth-order valence-corrected chi connectivity index (χ4v) is 8.87. The van der Waals surface area contributed by atoms with Crippen molar-refractivity contribution in [1.82, 2.24) is 34.3 Å². The molecular weight excluding hydrogens is 731 g/mol. The Kier molecular flexibility index (Phi) is 10.3. The lowest BCUT2D eigenvalue weighted by Crippen LogP contribution is -2.49. The fraction of sp³-hybridized carbons (Fsp3) is 0.341. The van der Waals surface area contributed by atoms with Crippen LogP contribution in [0.2, 0.25) is 0 Å². The molecule has 0 spiro atoms. The van der Waals surface area contributed by atoms with Crippen molar-refractivity contribution in [3.05, 3.63) is 111 Å². The number of thiophene rings is 1. The van der Waals surface area contributed by atoms with Gasteiger partial charge in [-0.15, -0.1) is 21.5 Å². The van der Waals surface area contributed by atoms with Crippen LogP contribution in [-0.4, -0.2) is 96.6 Å². The van der Waals surface area contributed by atoms with Crippen molar-refractivity contribution in [2.45, 2.75) is 58.9 Å². The molecule has 0 radical (unpaired) electrons.